The molecule has 0 saturated carbocycles. The molecule has 0 bridgehead atoms. The standard InChI is InChI=1S/C32H31NO6/c1-37-29-19-26(20-30(21-29)38-2)31(34)33(17-7-10-23-8-4-3-5-9-23)22-24-13-15-27(16-14-24)39-28-12-6-11-25(18-28)32(35)36/h3-6,8-9,11-16,18-21H,7,10,17,22H2,1-2H3,(H,35,36). The number of benzene rings is 4. The molecule has 0 aliphatic heterocycles. The third-order valence-corrected chi connectivity index (χ3v) is 6.24. The molecule has 0 heterocycles. The number of rotatable bonds is 12. The molecule has 7 nitrogen and oxygen atoms in total. The van der Waals surface area contributed by atoms with Gasteiger partial charge in [-0.3, -0.25) is 4.79 Å². The molecule has 0 spiro atoms. The number of nitrogens with zero attached hydrogens (tertiary/aromatic N) is 1. The summed E-state index contributed by atoms with van der Waals surface area (Å²) < 4.78 is 16.6. The van der Waals surface area contributed by atoms with E-state index < -0.39 is 5.97 Å². The second kappa shape index (κ2) is 13.1. The van der Waals surface area contributed by atoms with Crippen molar-refractivity contribution in [2.24, 2.45) is 0 Å². The Morgan fingerprint density at radius 1 is 0.692 bits per heavy atom. The van der Waals surface area contributed by atoms with Crippen LogP contribution in [-0.2, 0) is 13.0 Å². The van der Waals surface area contributed by atoms with Gasteiger partial charge in [-0.15, -0.1) is 0 Å². The summed E-state index contributed by atoms with van der Waals surface area (Å²) in [6.45, 7) is 0.968. The molecule has 7 heteroatoms. The zero-order valence-corrected chi connectivity index (χ0v) is 22.0. The maximum Gasteiger partial charge on any atom is 0.335 e. The summed E-state index contributed by atoms with van der Waals surface area (Å²) in [6.07, 6.45) is 1.66. The number of aryl methyl sites for hydroxylation is 1. The zero-order valence-electron chi connectivity index (χ0n) is 22.0. The number of carboxylic acids is 1. The SMILES string of the molecule is COc1cc(OC)cc(C(=O)N(CCCc2ccccc2)Cc2ccc(Oc3cccc(C(=O)O)c3)cc2)c1. The van der Waals surface area contributed by atoms with Crippen LogP contribution in [-0.4, -0.2) is 42.6 Å². The predicted molar refractivity (Wildman–Crippen MR) is 149 cm³/mol. The molecule has 1 amide bonds. The third-order valence-electron chi connectivity index (χ3n) is 6.24. The number of carbonyl (C=O) groups excluding carboxylic acids is 1. The fourth-order valence-corrected chi connectivity index (χ4v) is 4.20. The van der Waals surface area contributed by atoms with Crippen LogP contribution in [0.25, 0.3) is 0 Å². The van der Waals surface area contributed by atoms with Crippen LogP contribution in [0.5, 0.6) is 23.0 Å². The highest BCUT2D eigenvalue weighted by molar-refractivity contribution is 5.95. The van der Waals surface area contributed by atoms with Crippen molar-refractivity contribution in [2.45, 2.75) is 19.4 Å². The molecule has 0 aliphatic carbocycles. The maximum absolute atomic E-state index is 13.7. The van der Waals surface area contributed by atoms with Gasteiger partial charge in [-0.1, -0.05) is 48.5 Å². The molecule has 200 valence electrons. The van der Waals surface area contributed by atoms with E-state index in [1.807, 2.05) is 47.4 Å². The number of amides is 1. The molecule has 0 radical (unpaired) electrons. The van der Waals surface area contributed by atoms with Gasteiger partial charge in [-0.25, -0.2) is 4.79 Å². The largest absolute Gasteiger partial charge is 0.497 e. The molecular weight excluding hydrogens is 494 g/mol. The minimum Gasteiger partial charge on any atom is -0.497 e. The highest BCUT2D eigenvalue weighted by atomic mass is 16.5. The smallest absolute Gasteiger partial charge is 0.335 e. The molecule has 0 unspecified atom stereocenters. The summed E-state index contributed by atoms with van der Waals surface area (Å²) in [5.74, 6) is 0.978. The molecule has 0 saturated heterocycles. The molecule has 1 N–H and O–H groups in total. The number of carboxylic acid groups (broad SMARTS) is 1. The van der Waals surface area contributed by atoms with Gasteiger partial charge in [0.2, 0.25) is 0 Å². The first kappa shape index (κ1) is 27.3. The third kappa shape index (κ3) is 7.61. The van der Waals surface area contributed by atoms with Crippen molar-refractivity contribution in [3.05, 3.63) is 119 Å². The number of aromatic carboxylic acids is 1. The number of ether oxygens (including phenoxy) is 3. The topological polar surface area (TPSA) is 85.3 Å². The van der Waals surface area contributed by atoms with Gasteiger partial charge in [0.05, 0.1) is 19.8 Å². The normalized spacial score (nSPS) is 10.5. The quantitative estimate of drug-likeness (QED) is 0.228. The molecule has 0 fully saturated rings. The van der Waals surface area contributed by atoms with E-state index in [0.29, 0.717) is 41.7 Å². The Balaban J connectivity index is 1.50. The Bertz CT molecular complexity index is 1380. The molecule has 39 heavy (non-hydrogen) atoms. The van der Waals surface area contributed by atoms with E-state index in [9.17, 15) is 14.7 Å². The summed E-state index contributed by atoms with van der Waals surface area (Å²) in [4.78, 5) is 26.7. The van der Waals surface area contributed by atoms with E-state index in [4.69, 9.17) is 14.2 Å². The van der Waals surface area contributed by atoms with Gasteiger partial charge in [-0.2, -0.15) is 0 Å². The summed E-state index contributed by atoms with van der Waals surface area (Å²) >= 11 is 0. The Labute approximate surface area is 228 Å². The van der Waals surface area contributed by atoms with Crippen molar-refractivity contribution in [3.63, 3.8) is 0 Å². The zero-order chi connectivity index (χ0) is 27.6. The van der Waals surface area contributed by atoms with E-state index in [1.54, 1.807) is 44.6 Å². The molecule has 4 aromatic carbocycles. The van der Waals surface area contributed by atoms with Crippen LogP contribution in [0.3, 0.4) is 0 Å². The Morgan fingerprint density at radius 3 is 2.00 bits per heavy atom. The van der Waals surface area contributed by atoms with Gasteiger partial charge in [0.15, 0.2) is 0 Å². The van der Waals surface area contributed by atoms with Crippen molar-refractivity contribution >= 4 is 11.9 Å². The van der Waals surface area contributed by atoms with Gasteiger partial charge < -0.3 is 24.2 Å². The van der Waals surface area contributed by atoms with Crippen molar-refractivity contribution in [1.82, 2.24) is 4.90 Å². The molecular formula is C32H31NO6. The van der Waals surface area contributed by atoms with E-state index in [2.05, 4.69) is 12.1 Å². The Morgan fingerprint density at radius 2 is 1.36 bits per heavy atom. The first-order valence-electron chi connectivity index (χ1n) is 12.6. The van der Waals surface area contributed by atoms with Gasteiger partial charge in [0.25, 0.3) is 5.91 Å². The number of hydrogen-bond donors (Lipinski definition) is 1. The predicted octanol–water partition coefficient (Wildman–Crippen LogP) is 6.47. The second-order valence-electron chi connectivity index (χ2n) is 9.00. The summed E-state index contributed by atoms with van der Waals surface area (Å²) in [5, 5.41) is 9.21. The fourth-order valence-electron chi connectivity index (χ4n) is 4.20. The fraction of sp³-hybridized carbons (Fsp3) is 0.188. The molecule has 0 atom stereocenters. The van der Waals surface area contributed by atoms with Crippen molar-refractivity contribution in [3.8, 4) is 23.0 Å². The van der Waals surface area contributed by atoms with Crippen LogP contribution in [0.1, 0.15) is 38.3 Å². The first-order chi connectivity index (χ1) is 18.9. The molecule has 4 rings (SSSR count). The number of methoxy groups -OCH3 is 2. The van der Waals surface area contributed by atoms with Crippen LogP contribution < -0.4 is 14.2 Å². The monoisotopic (exact) mass is 525 g/mol. The minimum atomic E-state index is -1.01. The van der Waals surface area contributed by atoms with Gasteiger partial charge in [0, 0.05) is 24.7 Å². The average Bonchev–Trinajstić information content (AvgIpc) is 2.97. The summed E-state index contributed by atoms with van der Waals surface area (Å²) in [6, 6.07) is 29.1. The summed E-state index contributed by atoms with van der Waals surface area (Å²) in [5.41, 5.74) is 2.80. The van der Waals surface area contributed by atoms with Crippen LogP contribution in [0, 0.1) is 0 Å². The van der Waals surface area contributed by atoms with E-state index in [0.717, 1.165) is 18.4 Å². The van der Waals surface area contributed by atoms with E-state index in [-0.39, 0.29) is 11.5 Å². The number of carbonyl (C=O) groups is 2. The van der Waals surface area contributed by atoms with Crippen LogP contribution >= 0.6 is 0 Å². The van der Waals surface area contributed by atoms with Crippen LogP contribution in [0.2, 0.25) is 0 Å². The van der Waals surface area contributed by atoms with Gasteiger partial charge in [0.1, 0.15) is 23.0 Å². The van der Waals surface area contributed by atoms with Crippen molar-refractivity contribution < 1.29 is 28.9 Å². The molecule has 4 aromatic rings. The average molecular weight is 526 g/mol. The second-order valence-corrected chi connectivity index (χ2v) is 9.00. The lowest BCUT2D eigenvalue weighted by Crippen LogP contribution is -2.32. The lowest BCUT2D eigenvalue weighted by Gasteiger charge is -2.24. The van der Waals surface area contributed by atoms with Crippen molar-refractivity contribution in [1.29, 1.82) is 0 Å². The van der Waals surface area contributed by atoms with E-state index in [1.165, 1.54) is 17.7 Å². The highest BCUT2D eigenvalue weighted by Gasteiger charge is 2.18. The van der Waals surface area contributed by atoms with Gasteiger partial charge in [-0.05, 0) is 66.4 Å². The maximum atomic E-state index is 13.7. The highest BCUT2D eigenvalue weighted by Crippen LogP contribution is 2.26. The van der Waals surface area contributed by atoms with Crippen LogP contribution in [0.4, 0.5) is 0 Å². The van der Waals surface area contributed by atoms with Gasteiger partial charge >= 0.3 is 5.97 Å². The molecule has 0 aliphatic rings. The first-order valence-corrected chi connectivity index (χ1v) is 12.6. The minimum absolute atomic E-state index is 0.119. The molecule has 0 aromatic heterocycles. The summed E-state index contributed by atoms with van der Waals surface area (Å²) in [7, 11) is 3.12. The Kier molecular flexibility index (Phi) is 9.19. The lowest BCUT2D eigenvalue weighted by atomic mass is 10.1. The number of hydrogen-bond acceptors (Lipinski definition) is 5. The Hall–Kier alpha value is -4.78. The lowest BCUT2D eigenvalue weighted by molar-refractivity contribution is 0.0695. The van der Waals surface area contributed by atoms with Crippen LogP contribution in [0.15, 0.2) is 97.1 Å². The van der Waals surface area contributed by atoms with E-state index >= 15 is 0 Å². The van der Waals surface area contributed by atoms with Crippen molar-refractivity contribution in [2.75, 3.05) is 20.8 Å².